The summed E-state index contributed by atoms with van der Waals surface area (Å²) in [5.74, 6) is 1.27. The maximum atomic E-state index is 4.45. The molecule has 92 valence electrons. The first-order chi connectivity index (χ1) is 9.33. The molecule has 3 heterocycles. The van der Waals surface area contributed by atoms with E-state index in [1.54, 1.807) is 36.9 Å². The van der Waals surface area contributed by atoms with Crippen molar-refractivity contribution in [3.63, 3.8) is 0 Å². The van der Waals surface area contributed by atoms with Crippen molar-refractivity contribution < 1.29 is 0 Å². The summed E-state index contributed by atoms with van der Waals surface area (Å²) >= 11 is 0. The Balaban J connectivity index is 2.12. The standard InChI is InChI=1S/C14H11N5/c1-10-8-11(13-15-4-2-5-16-13)9-12(19-10)14-17-6-3-7-18-14/h2-9H,1H3. The Labute approximate surface area is 110 Å². The first-order valence-corrected chi connectivity index (χ1v) is 5.86. The van der Waals surface area contributed by atoms with Crippen LogP contribution < -0.4 is 0 Å². The third-order valence-corrected chi connectivity index (χ3v) is 2.57. The molecule has 0 aliphatic carbocycles. The largest absolute Gasteiger partial charge is 0.250 e. The molecule has 5 heteroatoms. The van der Waals surface area contributed by atoms with Crippen molar-refractivity contribution in [2.24, 2.45) is 0 Å². The molecule has 3 aromatic rings. The van der Waals surface area contributed by atoms with E-state index in [0.29, 0.717) is 11.6 Å². The van der Waals surface area contributed by atoms with Crippen molar-refractivity contribution in [1.29, 1.82) is 0 Å². The molecule has 0 N–H and O–H groups in total. The van der Waals surface area contributed by atoms with Crippen LogP contribution >= 0.6 is 0 Å². The van der Waals surface area contributed by atoms with Gasteiger partial charge < -0.3 is 0 Å². The molecule has 0 aliphatic heterocycles. The van der Waals surface area contributed by atoms with Gasteiger partial charge in [0, 0.05) is 36.0 Å². The summed E-state index contributed by atoms with van der Waals surface area (Å²) in [6.45, 7) is 1.93. The number of hydrogen-bond acceptors (Lipinski definition) is 5. The van der Waals surface area contributed by atoms with Gasteiger partial charge in [-0.25, -0.2) is 24.9 Å². The van der Waals surface area contributed by atoms with Gasteiger partial charge in [0.15, 0.2) is 11.6 Å². The van der Waals surface area contributed by atoms with Crippen LogP contribution in [0.25, 0.3) is 22.9 Å². The summed E-state index contributed by atoms with van der Waals surface area (Å²) in [5.41, 5.74) is 2.52. The number of hydrogen-bond donors (Lipinski definition) is 0. The van der Waals surface area contributed by atoms with E-state index in [0.717, 1.165) is 17.0 Å². The molecule has 3 rings (SSSR count). The van der Waals surface area contributed by atoms with Crippen LogP contribution in [0.2, 0.25) is 0 Å². The summed E-state index contributed by atoms with van der Waals surface area (Å²) in [6.07, 6.45) is 6.84. The highest BCUT2D eigenvalue weighted by molar-refractivity contribution is 5.63. The van der Waals surface area contributed by atoms with Gasteiger partial charge in [0.1, 0.15) is 5.69 Å². The van der Waals surface area contributed by atoms with E-state index in [4.69, 9.17) is 0 Å². The zero-order chi connectivity index (χ0) is 13.1. The van der Waals surface area contributed by atoms with Gasteiger partial charge >= 0.3 is 0 Å². The minimum Gasteiger partial charge on any atom is -0.250 e. The summed E-state index contributed by atoms with van der Waals surface area (Å²) in [7, 11) is 0. The summed E-state index contributed by atoms with van der Waals surface area (Å²) in [6, 6.07) is 7.42. The Kier molecular flexibility index (Phi) is 2.94. The molecular formula is C14H11N5. The Morgan fingerprint density at radius 3 is 1.95 bits per heavy atom. The fourth-order valence-corrected chi connectivity index (χ4v) is 1.79. The van der Waals surface area contributed by atoms with E-state index < -0.39 is 0 Å². The third-order valence-electron chi connectivity index (χ3n) is 2.57. The molecule has 0 atom stereocenters. The minimum absolute atomic E-state index is 0.600. The third kappa shape index (κ3) is 2.44. The molecular weight excluding hydrogens is 238 g/mol. The molecule has 0 saturated carbocycles. The first kappa shape index (κ1) is 11.4. The van der Waals surface area contributed by atoms with Crippen LogP contribution in [0.3, 0.4) is 0 Å². The smallest absolute Gasteiger partial charge is 0.178 e. The van der Waals surface area contributed by atoms with Gasteiger partial charge in [-0.3, -0.25) is 0 Å². The van der Waals surface area contributed by atoms with Crippen molar-refractivity contribution in [2.75, 3.05) is 0 Å². The molecule has 0 aromatic carbocycles. The van der Waals surface area contributed by atoms with Crippen LogP contribution in [0.4, 0.5) is 0 Å². The molecule has 0 fully saturated rings. The highest BCUT2D eigenvalue weighted by atomic mass is 14.9. The zero-order valence-corrected chi connectivity index (χ0v) is 10.4. The lowest BCUT2D eigenvalue weighted by atomic mass is 10.1. The van der Waals surface area contributed by atoms with E-state index in [2.05, 4.69) is 24.9 Å². The number of aryl methyl sites for hydroxylation is 1. The molecule has 0 radical (unpaired) electrons. The Bertz CT molecular complexity index is 625. The van der Waals surface area contributed by atoms with Gasteiger partial charge in [-0.05, 0) is 31.2 Å². The normalized spacial score (nSPS) is 10.4. The number of nitrogens with zero attached hydrogens (tertiary/aromatic N) is 5. The van der Waals surface area contributed by atoms with Crippen molar-refractivity contribution in [3.05, 3.63) is 54.7 Å². The second kappa shape index (κ2) is 4.89. The second-order valence-electron chi connectivity index (χ2n) is 4.03. The van der Waals surface area contributed by atoms with E-state index in [-0.39, 0.29) is 0 Å². The van der Waals surface area contributed by atoms with E-state index >= 15 is 0 Å². The number of pyridine rings is 1. The quantitative estimate of drug-likeness (QED) is 0.697. The zero-order valence-electron chi connectivity index (χ0n) is 10.4. The fourth-order valence-electron chi connectivity index (χ4n) is 1.79. The lowest BCUT2D eigenvalue weighted by Crippen LogP contribution is -1.95. The summed E-state index contributed by atoms with van der Waals surface area (Å²) in [4.78, 5) is 21.4. The lowest BCUT2D eigenvalue weighted by Gasteiger charge is -2.04. The molecule has 0 unspecified atom stereocenters. The van der Waals surface area contributed by atoms with Gasteiger partial charge in [-0.15, -0.1) is 0 Å². The predicted octanol–water partition coefficient (Wildman–Crippen LogP) is 2.30. The summed E-state index contributed by atoms with van der Waals surface area (Å²) < 4.78 is 0. The highest BCUT2D eigenvalue weighted by Crippen LogP contribution is 2.20. The molecule has 0 saturated heterocycles. The molecule has 19 heavy (non-hydrogen) atoms. The molecule has 3 aromatic heterocycles. The van der Waals surface area contributed by atoms with E-state index in [1.807, 2.05) is 19.1 Å². The SMILES string of the molecule is Cc1cc(-c2ncccn2)cc(-c2ncccn2)n1. The maximum absolute atomic E-state index is 4.45. The van der Waals surface area contributed by atoms with Crippen LogP contribution in [-0.4, -0.2) is 24.9 Å². The minimum atomic E-state index is 0.600. The van der Waals surface area contributed by atoms with Crippen LogP contribution in [0.1, 0.15) is 5.69 Å². The first-order valence-electron chi connectivity index (χ1n) is 5.86. The van der Waals surface area contributed by atoms with Crippen molar-refractivity contribution in [2.45, 2.75) is 6.92 Å². The molecule has 0 aliphatic rings. The van der Waals surface area contributed by atoms with E-state index in [1.165, 1.54) is 0 Å². The highest BCUT2D eigenvalue weighted by Gasteiger charge is 2.08. The summed E-state index contributed by atoms with van der Waals surface area (Å²) in [5, 5.41) is 0. The fraction of sp³-hybridized carbons (Fsp3) is 0.0714. The predicted molar refractivity (Wildman–Crippen MR) is 71.0 cm³/mol. The van der Waals surface area contributed by atoms with Crippen LogP contribution in [0.5, 0.6) is 0 Å². The second-order valence-corrected chi connectivity index (χ2v) is 4.03. The monoisotopic (exact) mass is 249 g/mol. The van der Waals surface area contributed by atoms with Gasteiger partial charge in [0.2, 0.25) is 0 Å². The number of rotatable bonds is 2. The van der Waals surface area contributed by atoms with E-state index in [9.17, 15) is 0 Å². The van der Waals surface area contributed by atoms with Gasteiger partial charge in [0.25, 0.3) is 0 Å². The average molecular weight is 249 g/mol. The van der Waals surface area contributed by atoms with Gasteiger partial charge in [0.05, 0.1) is 0 Å². The van der Waals surface area contributed by atoms with Crippen molar-refractivity contribution in [1.82, 2.24) is 24.9 Å². The van der Waals surface area contributed by atoms with Crippen LogP contribution in [0, 0.1) is 6.92 Å². The van der Waals surface area contributed by atoms with Gasteiger partial charge in [-0.2, -0.15) is 0 Å². The van der Waals surface area contributed by atoms with Crippen molar-refractivity contribution in [3.8, 4) is 22.9 Å². The Morgan fingerprint density at radius 1 is 0.737 bits per heavy atom. The van der Waals surface area contributed by atoms with Crippen molar-refractivity contribution >= 4 is 0 Å². The molecule has 0 spiro atoms. The maximum Gasteiger partial charge on any atom is 0.178 e. The molecule has 0 bridgehead atoms. The Hall–Kier alpha value is -2.69. The van der Waals surface area contributed by atoms with Gasteiger partial charge in [-0.1, -0.05) is 0 Å². The molecule has 5 nitrogen and oxygen atoms in total. The van der Waals surface area contributed by atoms with Crippen LogP contribution in [-0.2, 0) is 0 Å². The lowest BCUT2D eigenvalue weighted by molar-refractivity contribution is 1.10. The number of aromatic nitrogens is 5. The topological polar surface area (TPSA) is 64.5 Å². The van der Waals surface area contributed by atoms with Crippen LogP contribution in [0.15, 0.2) is 49.1 Å². The Morgan fingerprint density at radius 2 is 1.32 bits per heavy atom. The molecule has 0 amide bonds. The average Bonchev–Trinajstić information content (AvgIpc) is 2.48.